The van der Waals surface area contributed by atoms with Crippen molar-refractivity contribution in [1.82, 2.24) is 19.6 Å². The van der Waals surface area contributed by atoms with Gasteiger partial charge in [-0.05, 0) is 49.7 Å². The van der Waals surface area contributed by atoms with Gasteiger partial charge in [0.2, 0.25) is 0 Å². The predicted octanol–water partition coefficient (Wildman–Crippen LogP) is 4.84. The summed E-state index contributed by atoms with van der Waals surface area (Å²) in [7, 11) is 0. The number of aryl methyl sites for hydroxylation is 1. The monoisotopic (exact) mass is 464 g/mol. The molecule has 0 radical (unpaired) electrons. The van der Waals surface area contributed by atoms with E-state index in [2.05, 4.69) is 5.10 Å². The number of rotatable bonds is 4. The second-order valence-electron chi connectivity index (χ2n) is 8.85. The van der Waals surface area contributed by atoms with E-state index in [1.807, 2.05) is 106 Å². The van der Waals surface area contributed by atoms with Crippen molar-refractivity contribution in [1.29, 1.82) is 0 Å². The number of aromatic nitrogens is 2. The van der Waals surface area contributed by atoms with Gasteiger partial charge in [-0.25, -0.2) is 4.68 Å². The minimum absolute atomic E-state index is 0.0230. The molecule has 4 aromatic rings. The van der Waals surface area contributed by atoms with Gasteiger partial charge in [0.15, 0.2) is 0 Å². The first-order valence-corrected chi connectivity index (χ1v) is 12.0. The van der Waals surface area contributed by atoms with Gasteiger partial charge in [0.05, 0.1) is 17.6 Å². The number of carbonyl (C=O) groups is 2. The molecule has 1 aromatic heterocycles. The Kier molecular flexibility index (Phi) is 6.44. The average molecular weight is 465 g/mol. The second-order valence-corrected chi connectivity index (χ2v) is 8.85. The molecular formula is C29H28N4O2. The third-order valence-corrected chi connectivity index (χ3v) is 6.39. The Labute approximate surface area is 205 Å². The first-order valence-electron chi connectivity index (χ1n) is 12.0. The van der Waals surface area contributed by atoms with Crippen LogP contribution in [-0.2, 0) is 0 Å². The van der Waals surface area contributed by atoms with Crippen molar-refractivity contribution in [3.8, 4) is 16.9 Å². The summed E-state index contributed by atoms with van der Waals surface area (Å²) in [6.07, 6.45) is 2.52. The van der Waals surface area contributed by atoms with Gasteiger partial charge in [-0.1, -0.05) is 54.1 Å². The number of nitrogens with zero attached hydrogens (tertiary/aromatic N) is 4. The molecule has 1 aliphatic rings. The van der Waals surface area contributed by atoms with E-state index in [-0.39, 0.29) is 11.8 Å². The molecule has 6 heteroatoms. The summed E-state index contributed by atoms with van der Waals surface area (Å²) in [5, 5.41) is 4.50. The van der Waals surface area contributed by atoms with Gasteiger partial charge in [-0.15, -0.1) is 0 Å². The van der Waals surface area contributed by atoms with Crippen molar-refractivity contribution >= 4 is 11.8 Å². The third-order valence-electron chi connectivity index (χ3n) is 6.39. The van der Waals surface area contributed by atoms with Crippen molar-refractivity contribution < 1.29 is 9.59 Å². The largest absolute Gasteiger partial charge is 0.337 e. The quantitative estimate of drug-likeness (QED) is 0.434. The normalized spacial score (nSPS) is 14.0. The summed E-state index contributed by atoms with van der Waals surface area (Å²) < 4.78 is 1.86. The molecule has 0 aliphatic carbocycles. The van der Waals surface area contributed by atoms with E-state index in [1.165, 1.54) is 0 Å². The zero-order valence-corrected chi connectivity index (χ0v) is 19.8. The van der Waals surface area contributed by atoms with Crippen LogP contribution >= 0.6 is 0 Å². The highest BCUT2D eigenvalue weighted by Gasteiger charge is 2.24. The van der Waals surface area contributed by atoms with Crippen molar-refractivity contribution in [2.45, 2.75) is 13.3 Å². The Morgan fingerprint density at radius 1 is 0.714 bits per heavy atom. The molecule has 0 bridgehead atoms. The lowest BCUT2D eigenvalue weighted by Crippen LogP contribution is -2.37. The SMILES string of the molecule is Cc1cccc(C(=O)N2CCCN(C(=O)c3cccc(-n4nccc4-c4ccccc4)c3)CC2)c1. The smallest absolute Gasteiger partial charge is 0.253 e. The third kappa shape index (κ3) is 4.87. The zero-order chi connectivity index (χ0) is 24.2. The number of amides is 2. The van der Waals surface area contributed by atoms with Gasteiger partial charge < -0.3 is 9.80 Å². The number of benzene rings is 3. The summed E-state index contributed by atoms with van der Waals surface area (Å²) in [4.78, 5) is 30.1. The van der Waals surface area contributed by atoms with E-state index < -0.39 is 0 Å². The summed E-state index contributed by atoms with van der Waals surface area (Å²) in [6.45, 7) is 4.29. The Morgan fingerprint density at radius 3 is 2.06 bits per heavy atom. The van der Waals surface area contributed by atoms with Crippen LogP contribution in [0.5, 0.6) is 0 Å². The number of hydrogen-bond donors (Lipinski definition) is 0. The minimum atomic E-state index is -0.0230. The van der Waals surface area contributed by atoms with Crippen LogP contribution in [0.4, 0.5) is 0 Å². The highest BCUT2D eigenvalue weighted by atomic mass is 16.2. The molecule has 2 amide bonds. The van der Waals surface area contributed by atoms with Crippen LogP contribution in [0.1, 0.15) is 32.7 Å². The maximum Gasteiger partial charge on any atom is 0.253 e. The fraction of sp³-hybridized carbons (Fsp3) is 0.207. The molecule has 0 unspecified atom stereocenters. The van der Waals surface area contributed by atoms with Crippen LogP contribution in [0.2, 0.25) is 0 Å². The van der Waals surface area contributed by atoms with E-state index in [0.717, 1.165) is 28.9 Å². The molecule has 5 rings (SSSR count). The molecule has 35 heavy (non-hydrogen) atoms. The Hall–Kier alpha value is -4.19. The second kappa shape index (κ2) is 9.97. The van der Waals surface area contributed by atoms with E-state index in [1.54, 1.807) is 6.20 Å². The maximum atomic E-state index is 13.4. The van der Waals surface area contributed by atoms with Crippen molar-refractivity contribution in [3.05, 3.63) is 108 Å². The standard InChI is InChI=1S/C29H28N4O2/c1-22-8-5-11-24(20-22)28(34)31-16-7-17-32(19-18-31)29(35)25-12-6-13-26(21-25)33-27(14-15-30-33)23-9-3-2-4-10-23/h2-6,8-15,20-21H,7,16-19H2,1H3. The lowest BCUT2D eigenvalue weighted by molar-refractivity contribution is 0.0718. The highest BCUT2D eigenvalue weighted by Crippen LogP contribution is 2.23. The lowest BCUT2D eigenvalue weighted by atomic mass is 10.1. The van der Waals surface area contributed by atoms with E-state index >= 15 is 0 Å². The Morgan fingerprint density at radius 2 is 1.37 bits per heavy atom. The molecule has 176 valence electrons. The fourth-order valence-corrected chi connectivity index (χ4v) is 4.57. The molecule has 6 nitrogen and oxygen atoms in total. The van der Waals surface area contributed by atoms with Gasteiger partial charge in [-0.2, -0.15) is 5.10 Å². The fourth-order valence-electron chi connectivity index (χ4n) is 4.57. The minimum Gasteiger partial charge on any atom is -0.337 e. The van der Waals surface area contributed by atoms with Gasteiger partial charge >= 0.3 is 0 Å². The molecule has 2 heterocycles. The summed E-state index contributed by atoms with van der Waals surface area (Å²) in [5.74, 6) is 0.00208. The molecule has 0 atom stereocenters. The number of carbonyl (C=O) groups excluding carboxylic acids is 2. The van der Waals surface area contributed by atoms with Crippen molar-refractivity contribution in [2.75, 3.05) is 26.2 Å². The first kappa shape index (κ1) is 22.6. The van der Waals surface area contributed by atoms with E-state index in [9.17, 15) is 9.59 Å². The first-order chi connectivity index (χ1) is 17.1. The molecule has 1 aliphatic heterocycles. The topological polar surface area (TPSA) is 58.4 Å². The molecule has 0 N–H and O–H groups in total. The lowest BCUT2D eigenvalue weighted by Gasteiger charge is -2.22. The van der Waals surface area contributed by atoms with Crippen LogP contribution in [0.25, 0.3) is 16.9 Å². The maximum absolute atomic E-state index is 13.4. The van der Waals surface area contributed by atoms with Crippen LogP contribution in [0.15, 0.2) is 91.1 Å². The van der Waals surface area contributed by atoms with Crippen molar-refractivity contribution in [2.24, 2.45) is 0 Å². The Balaban J connectivity index is 1.32. The van der Waals surface area contributed by atoms with Gasteiger partial charge in [0.1, 0.15) is 0 Å². The molecule has 0 saturated carbocycles. The molecule has 1 fully saturated rings. The zero-order valence-electron chi connectivity index (χ0n) is 19.8. The van der Waals surface area contributed by atoms with Crippen LogP contribution in [0, 0.1) is 6.92 Å². The van der Waals surface area contributed by atoms with Crippen LogP contribution in [-0.4, -0.2) is 57.6 Å². The Bertz CT molecular complexity index is 1350. The van der Waals surface area contributed by atoms with Crippen LogP contribution < -0.4 is 0 Å². The molecule has 1 saturated heterocycles. The van der Waals surface area contributed by atoms with E-state index in [0.29, 0.717) is 37.3 Å². The summed E-state index contributed by atoms with van der Waals surface area (Å²) in [6, 6.07) is 27.3. The molecule has 3 aromatic carbocycles. The van der Waals surface area contributed by atoms with Crippen molar-refractivity contribution in [3.63, 3.8) is 0 Å². The van der Waals surface area contributed by atoms with Crippen LogP contribution in [0.3, 0.4) is 0 Å². The summed E-state index contributed by atoms with van der Waals surface area (Å²) >= 11 is 0. The number of hydrogen-bond acceptors (Lipinski definition) is 3. The molecule has 0 spiro atoms. The van der Waals surface area contributed by atoms with Gasteiger partial charge in [0.25, 0.3) is 11.8 Å². The van der Waals surface area contributed by atoms with Gasteiger partial charge in [-0.3, -0.25) is 9.59 Å². The molecular weight excluding hydrogens is 436 g/mol. The summed E-state index contributed by atoms with van der Waals surface area (Å²) in [5.41, 5.74) is 5.25. The van der Waals surface area contributed by atoms with E-state index in [4.69, 9.17) is 0 Å². The highest BCUT2D eigenvalue weighted by molar-refractivity contribution is 5.96. The van der Waals surface area contributed by atoms with Gasteiger partial charge in [0, 0.05) is 42.9 Å². The predicted molar refractivity (Wildman–Crippen MR) is 137 cm³/mol. The average Bonchev–Trinajstić information content (AvgIpc) is 3.26.